The standard InChI is InChI=1S/C25H31N3O4/c1-16(2)28-20-11-7-6-10-19(20)26-24(28)17-9-8-12-27(15-17)25(29)18-13-21(30-3)23(32-5)22(14-18)31-4/h6-7,10-11,13-14,16-17H,8-9,12,15H2,1-5H3. The third-order valence-electron chi connectivity index (χ3n) is 6.12. The number of piperidine rings is 1. The number of carbonyl (C=O) groups excluding carboxylic acids is 1. The number of hydrogen-bond acceptors (Lipinski definition) is 5. The molecule has 7 heteroatoms. The van der Waals surface area contributed by atoms with Crippen molar-refractivity contribution in [3.63, 3.8) is 0 Å². The summed E-state index contributed by atoms with van der Waals surface area (Å²) in [5, 5.41) is 0. The lowest BCUT2D eigenvalue weighted by atomic mass is 9.96. The van der Waals surface area contributed by atoms with Gasteiger partial charge in [0.2, 0.25) is 5.75 Å². The summed E-state index contributed by atoms with van der Waals surface area (Å²) in [5.41, 5.74) is 2.67. The number of rotatable bonds is 6. The van der Waals surface area contributed by atoms with Crippen LogP contribution in [-0.2, 0) is 0 Å². The first kappa shape index (κ1) is 22.0. The highest BCUT2D eigenvalue weighted by atomic mass is 16.5. The Morgan fingerprint density at radius 1 is 1.06 bits per heavy atom. The number of likely N-dealkylation sites (tertiary alicyclic amines) is 1. The van der Waals surface area contributed by atoms with Crippen LogP contribution in [-0.4, -0.2) is 54.8 Å². The van der Waals surface area contributed by atoms with Gasteiger partial charge in [0.1, 0.15) is 5.82 Å². The van der Waals surface area contributed by atoms with E-state index in [0.29, 0.717) is 41.9 Å². The van der Waals surface area contributed by atoms with Crippen molar-refractivity contribution in [2.24, 2.45) is 0 Å². The number of imidazole rings is 1. The summed E-state index contributed by atoms with van der Waals surface area (Å²) in [7, 11) is 4.66. The van der Waals surface area contributed by atoms with Crippen LogP contribution in [0.15, 0.2) is 36.4 Å². The molecule has 170 valence electrons. The molecule has 2 aromatic carbocycles. The Labute approximate surface area is 188 Å². The fourth-order valence-electron chi connectivity index (χ4n) is 4.65. The van der Waals surface area contributed by atoms with E-state index >= 15 is 0 Å². The number of carbonyl (C=O) groups is 1. The molecule has 1 aliphatic heterocycles. The number of methoxy groups -OCH3 is 3. The fourth-order valence-corrected chi connectivity index (χ4v) is 4.65. The number of fused-ring (bicyclic) bond motifs is 1. The van der Waals surface area contributed by atoms with E-state index in [-0.39, 0.29) is 11.8 Å². The zero-order chi connectivity index (χ0) is 22.8. The van der Waals surface area contributed by atoms with Gasteiger partial charge in [-0.15, -0.1) is 0 Å². The number of nitrogens with zero attached hydrogens (tertiary/aromatic N) is 3. The lowest BCUT2D eigenvalue weighted by Gasteiger charge is -2.33. The fraction of sp³-hybridized carbons (Fsp3) is 0.440. The van der Waals surface area contributed by atoms with Gasteiger partial charge in [-0.1, -0.05) is 12.1 Å². The molecule has 2 heterocycles. The van der Waals surface area contributed by atoms with Gasteiger partial charge in [-0.3, -0.25) is 4.79 Å². The highest BCUT2D eigenvalue weighted by molar-refractivity contribution is 5.95. The second-order valence-corrected chi connectivity index (χ2v) is 8.43. The summed E-state index contributed by atoms with van der Waals surface area (Å²) in [6.07, 6.45) is 1.94. The maximum Gasteiger partial charge on any atom is 0.254 e. The minimum Gasteiger partial charge on any atom is -0.493 e. The van der Waals surface area contributed by atoms with Gasteiger partial charge in [0.25, 0.3) is 5.91 Å². The van der Waals surface area contributed by atoms with Crippen LogP contribution in [0.3, 0.4) is 0 Å². The molecule has 7 nitrogen and oxygen atoms in total. The maximum atomic E-state index is 13.5. The summed E-state index contributed by atoms with van der Waals surface area (Å²) >= 11 is 0. The molecule has 3 aromatic rings. The van der Waals surface area contributed by atoms with Gasteiger partial charge in [-0.05, 0) is 51.0 Å². The van der Waals surface area contributed by atoms with Gasteiger partial charge in [0.05, 0.1) is 32.4 Å². The molecule has 0 N–H and O–H groups in total. The van der Waals surface area contributed by atoms with Crippen LogP contribution in [0.2, 0.25) is 0 Å². The van der Waals surface area contributed by atoms with Crippen molar-refractivity contribution < 1.29 is 19.0 Å². The minimum absolute atomic E-state index is 0.0406. The van der Waals surface area contributed by atoms with Crippen molar-refractivity contribution >= 4 is 16.9 Å². The van der Waals surface area contributed by atoms with E-state index < -0.39 is 0 Å². The van der Waals surface area contributed by atoms with Crippen molar-refractivity contribution in [3.8, 4) is 17.2 Å². The first-order chi connectivity index (χ1) is 15.5. The molecule has 1 unspecified atom stereocenters. The maximum absolute atomic E-state index is 13.5. The van der Waals surface area contributed by atoms with Crippen LogP contribution in [0.1, 0.15) is 54.8 Å². The van der Waals surface area contributed by atoms with Crippen molar-refractivity contribution in [1.82, 2.24) is 14.5 Å². The Balaban J connectivity index is 1.65. The Hall–Kier alpha value is -3.22. The van der Waals surface area contributed by atoms with E-state index in [1.54, 1.807) is 33.5 Å². The van der Waals surface area contributed by atoms with Crippen LogP contribution >= 0.6 is 0 Å². The Kier molecular flexibility index (Phi) is 6.26. The van der Waals surface area contributed by atoms with Gasteiger partial charge in [0.15, 0.2) is 11.5 Å². The largest absolute Gasteiger partial charge is 0.493 e. The van der Waals surface area contributed by atoms with E-state index in [4.69, 9.17) is 19.2 Å². The van der Waals surface area contributed by atoms with Crippen molar-refractivity contribution in [3.05, 3.63) is 47.8 Å². The summed E-state index contributed by atoms with van der Waals surface area (Å²) in [6, 6.07) is 12.0. The molecular formula is C25H31N3O4. The lowest BCUT2D eigenvalue weighted by molar-refractivity contribution is 0.0702. The summed E-state index contributed by atoms with van der Waals surface area (Å²) in [4.78, 5) is 20.3. The molecule has 0 bridgehead atoms. The third-order valence-corrected chi connectivity index (χ3v) is 6.12. The predicted molar refractivity (Wildman–Crippen MR) is 124 cm³/mol. The predicted octanol–water partition coefficient (Wildman–Crippen LogP) is 4.66. The van der Waals surface area contributed by atoms with E-state index in [0.717, 1.165) is 29.7 Å². The third kappa shape index (κ3) is 3.87. The summed E-state index contributed by atoms with van der Waals surface area (Å²) in [5.74, 6) is 2.64. The van der Waals surface area contributed by atoms with E-state index in [2.05, 4.69) is 30.5 Å². The molecule has 1 amide bonds. The van der Waals surface area contributed by atoms with Crippen molar-refractivity contribution in [2.45, 2.75) is 38.6 Å². The second-order valence-electron chi connectivity index (χ2n) is 8.43. The zero-order valence-electron chi connectivity index (χ0n) is 19.4. The molecular weight excluding hydrogens is 406 g/mol. The van der Waals surface area contributed by atoms with E-state index in [9.17, 15) is 4.79 Å². The summed E-state index contributed by atoms with van der Waals surface area (Å²) in [6.45, 7) is 5.71. The number of aromatic nitrogens is 2. The first-order valence-corrected chi connectivity index (χ1v) is 11.0. The SMILES string of the molecule is COc1cc(C(=O)N2CCCC(c3nc4ccccc4n3C(C)C)C2)cc(OC)c1OC. The molecule has 1 atom stereocenters. The minimum atomic E-state index is -0.0406. The molecule has 0 spiro atoms. The molecule has 1 fully saturated rings. The number of benzene rings is 2. The molecule has 0 saturated carbocycles. The first-order valence-electron chi connectivity index (χ1n) is 11.0. The Morgan fingerprint density at radius 3 is 2.38 bits per heavy atom. The van der Waals surface area contributed by atoms with E-state index in [1.807, 2.05) is 17.0 Å². The van der Waals surface area contributed by atoms with Crippen molar-refractivity contribution in [1.29, 1.82) is 0 Å². The van der Waals surface area contributed by atoms with Crippen LogP contribution in [0.5, 0.6) is 17.2 Å². The average molecular weight is 438 g/mol. The highest BCUT2D eigenvalue weighted by Crippen LogP contribution is 2.39. The molecule has 0 aliphatic carbocycles. The van der Waals surface area contributed by atoms with Gasteiger partial charge in [0, 0.05) is 30.6 Å². The number of hydrogen-bond donors (Lipinski definition) is 0. The molecule has 1 aromatic heterocycles. The van der Waals surface area contributed by atoms with Gasteiger partial charge in [-0.25, -0.2) is 4.98 Å². The van der Waals surface area contributed by atoms with Gasteiger partial charge >= 0.3 is 0 Å². The number of ether oxygens (including phenoxy) is 3. The van der Waals surface area contributed by atoms with Gasteiger partial charge < -0.3 is 23.7 Å². The molecule has 32 heavy (non-hydrogen) atoms. The van der Waals surface area contributed by atoms with Crippen LogP contribution in [0, 0.1) is 0 Å². The second kappa shape index (κ2) is 9.10. The molecule has 1 aliphatic rings. The molecule has 1 saturated heterocycles. The zero-order valence-corrected chi connectivity index (χ0v) is 19.4. The molecule has 0 radical (unpaired) electrons. The molecule has 4 rings (SSSR count). The highest BCUT2D eigenvalue weighted by Gasteiger charge is 2.30. The lowest BCUT2D eigenvalue weighted by Crippen LogP contribution is -2.39. The Morgan fingerprint density at radius 2 is 1.75 bits per heavy atom. The van der Waals surface area contributed by atoms with Crippen molar-refractivity contribution in [2.75, 3.05) is 34.4 Å². The average Bonchev–Trinajstić information content (AvgIpc) is 3.22. The van der Waals surface area contributed by atoms with E-state index in [1.165, 1.54) is 0 Å². The van der Waals surface area contributed by atoms with Crippen LogP contribution in [0.4, 0.5) is 0 Å². The van der Waals surface area contributed by atoms with Crippen LogP contribution in [0.25, 0.3) is 11.0 Å². The number of para-hydroxylation sites is 2. The van der Waals surface area contributed by atoms with Crippen LogP contribution < -0.4 is 14.2 Å². The Bertz CT molecular complexity index is 1100. The quantitative estimate of drug-likeness (QED) is 0.561. The normalized spacial score (nSPS) is 16.4. The smallest absolute Gasteiger partial charge is 0.254 e. The summed E-state index contributed by atoms with van der Waals surface area (Å²) < 4.78 is 18.6. The monoisotopic (exact) mass is 437 g/mol. The number of amides is 1. The topological polar surface area (TPSA) is 65.8 Å². The van der Waals surface area contributed by atoms with Gasteiger partial charge in [-0.2, -0.15) is 0 Å².